The number of hydrogen-bond acceptors (Lipinski definition) is 2. The molecule has 4 heterocycles. The van der Waals surface area contributed by atoms with Crippen molar-refractivity contribution >= 4 is 73.3 Å². The highest BCUT2D eigenvalue weighted by Crippen LogP contribution is 2.62. The van der Waals surface area contributed by atoms with Crippen LogP contribution < -0.4 is 26.2 Å². The van der Waals surface area contributed by atoms with Gasteiger partial charge < -0.3 is 14.4 Å². The second-order valence-corrected chi connectivity index (χ2v) is 21.9. The topological polar surface area (TPSA) is 11.4 Å². The Morgan fingerprint density at radius 1 is 0.552 bits per heavy atom. The Kier molecular flexibility index (Phi) is 8.08. The molecule has 0 radical (unpaired) electrons. The number of para-hydroxylation sites is 3. The molecule has 3 aliphatic heterocycles. The highest BCUT2D eigenvalue weighted by molar-refractivity contribution is 7.00. The largest absolute Gasteiger partial charge is 0.335 e. The predicted molar refractivity (Wildman–Crippen MR) is 286 cm³/mol. The minimum Gasteiger partial charge on any atom is -0.335 e. The fraction of sp³-hybridized carbons (Fsp3) is 0.238. The first-order chi connectivity index (χ1) is 33.2. The molecule has 328 valence electrons. The molecule has 13 rings (SSSR count). The van der Waals surface area contributed by atoms with E-state index in [1.54, 1.807) is 0 Å². The Balaban J connectivity index is 1.23. The molecule has 4 aliphatic rings. The van der Waals surface area contributed by atoms with E-state index in [4.69, 9.17) is 0 Å². The van der Waals surface area contributed by atoms with Crippen LogP contribution in [0.2, 0.25) is 0 Å². The maximum absolute atomic E-state index is 11.1. The van der Waals surface area contributed by atoms with Gasteiger partial charge in [-0.2, -0.15) is 0 Å². The highest BCUT2D eigenvalue weighted by Gasteiger charge is 2.61. The molecule has 2 unspecified atom stereocenters. The van der Waals surface area contributed by atoms with Crippen molar-refractivity contribution in [3.05, 3.63) is 198 Å². The summed E-state index contributed by atoms with van der Waals surface area (Å²) in [5.41, 5.74) is 17.9. The number of anilines is 5. The summed E-state index contributed by atoms with van der Waals surface area (Å²) >= 11 is 0. The third kappa shape index (κ3) is 5.53. The zero-order valence-electron chi connectivity index (χ0n) is 41.8. The van der Waals surface area contributed by atoms with Crippen LogP contribution in [0.15, 0.2) is 176 Å². The fourth-order valence-corrected chi connectivity index (χ4v) is 13.1. The monoisotopic (exact) mass is 869 g/mol. The van der Waals surface area contributed by atoms with Crippen LogP contribution in [0.5, 0.6) is 0 Å². The first-order valence-corrected chi connectivity index (χ1v) is 24.5. The molecule has 0 bridgehead atoms. The lowest BCUT2D eigenvalue weighted by atomic mass is 9.33. The lowest BCUT2D eigenvalue weighted by Gasteiger charge is -2.53. The second-order valence-electron chi connectivity index (χ2n) is 21.9. The number of hydrogen-bond donors (Lipinski definition) is 0. The molecule has 3 nitrogen and oxygen atoms in total. The van der Waals surface area contributed by atoms with Gasteiger partial charge in [0.2, 0.25) is 0 Å². The smallest absolute Gasteiger partial charge is 0.252 e. The standard InChI is InChI=1S/C63H58BN3/c1-60(2,3)43-32-34-54(48(37-43)41-21-10-8-11-22-41)66-55-38-44(61(4,5)42-23-12-9-13-24-42)31-33-50(55)64-51-28-20-27-49-59(51)67(63(7)36-19-18-35-62(49,63)6)57-40-45(39-56(66)58(57)64)65-52-29-16-14-25-46(52)47-26-15-17-30-53(47)65/h8-17,20-34,37-40H,18-19,35-36H2,1-7H3/i39D,40D. The van der Waals surface area contributed by atoms with Gasteiger partial charge >= 0.3 is 0 Å². The van der Waals surface area contributed by atoms with Crippen LogP contribution >= 0.6 is 0 Å². The van der Waals surface area contributed by atoms with Crippen molar-refractivity contribution in [3.63, 3.8) is 0 Å². The first kappa shape index (κ1) is 38.3. The van der Waals surface area contributed by atoms with Gasteiger partial charge in [0, 0.05) is 49.9 Å². The van der Waals surface area contributed by atoms with Gasteiger partial charge in [0.25, 0.3) is 6.71 Å². The van der Waals surface area contributed by atoms with Crippen LogP contribution in [0.3, 0.4) is 0 Å². The molecule has 0 amide bonds. The first-order valence-electron chi connectivity index (χ1n) is 25.5. The van der Waals surface area contributed by atoms with Crippen molar-refractivity contribution in [2.45, 2.75) is 95.9 Å². The van der Waals surface area contributed by atoms with E-state index >= 15 is 0 Å². The maximum Gasteiger partial charge on any atom is 0.252 e. The van der Waals surface area contributed by atoms with E-state index in [1.165, 1.54) is 45.3 Å². The third-order valence-corrected chi connectivity index (χ3v) is 17.0. The number of rotatable bonds is 5. The van der Waals surface area contributed by atoms with Gasteiger partial charge in [-0.05, 0) is 112 Å². The second kappa shape index (κ2) is 14.1. The normalized spacial score (nSPS) is 19.8. The summed E-state index contributed by atoms with van der Waals surface area (Å²) in [5, 5.41) is 2.24. The Morgan fingerprint density at radius 3 is 1.91 bits per heavy atom. The van der Waals surface area contributed by atoms with E-state index in [0.29, 0.717) is 17.8 Å². The average Bonchev–Trinajstić information content (AvgIpc) is 3.80. The van der Waals surface area contributed by atoms with Crippen molar-refractivity contribution in [2.75, 3.05) is 9.80 Å². The van der Waals surface area contributed by atoms with Gasteiger partial charge in [-0.3, -0.25) is 0 Å². The van der Waals surface area contributed by atoms with E-state index in [0.717, 1.165) is 80.4 Å². The predicted octanol–water partition coefficient (Wildman–Crippen LogP) is 14.4. The maximum atomic E-state index is 11.1. The van der Waals surface area contributed by atoms with Gasteiger partial charge in [0.05, 0.1) is 30.7 Å². The van der Waals surface area contributed by atoms with Crippen LogP contribution in [0.1, 0.15) is 99.1 Å². The molecule has 1 fully saturated rings. The summed E-state index contributed by atoms with van der Waals surface area (Å²) in [7, 11) is 0. The van der Waals surface area contributed by atoms with Crippen molar-refractivity contribution in [1.82, 2.24) is 4.57 Å². The Hall–Kier alpha value is -6.78. The van der Waals surface area contributed by atoms with Crippen molar-refractivity contribution in [1.29, 1.82) is 0 Å². The SMILES string of the molecule is [2H]c1c2c3c(c([2H])c1-n1c4ccccc4c4ccccc41)N1c4c(cccc4C4(C)CCCCC14C)B3c1ccc(C(C)(C)c3ccccc3)cc1N2c1ccc(C(C)(C)C)cc1-c1ccccc1. The number of nitrogens with zero attached hydrogens (tertiary/aromatic N) is 3. The van der Waals surface area contributed by atoms with E-state index in [9.17, 15) is 2.74 Å². The van der Waals surface area contributed by atoms with E-state index in [2.05, 4.69) is 227 Å². The zero-order valence-corrected chi connectivity index (χ0v) is 39.8. The molecule has 4 heteroatoms. The molecule has 1 aliphatic carbocycles. The van der Waals surface area contributed by atoms with Crippen LogP contribution in [-0.4, -0.2) is 16.8 Å². The van der Waals surface area contributed by atoms with Crippen LogP contribution in [0.4, 0.5) is 28.4 Å². The zero-order chi connectivity index (χ0) is 47.4. The van der Waals surface area contributed by atoms with Crippen LogP contribution in [-0.2, 0) is 16.2 Å². The lowest BCUT2D eigenvalue weighted by molar-refractivity contribution is 0.195. The third-order valence-electron chi connectivity index (χ3n) is 17.0. The molecule has 0 N–H and O–H groups in total. The number of aromatic nitrogens is 1. The Labute approximate surface area is 399 Å². The van der Waals surface area contributed by atoms with Gasteiger partial charge in [0.15, 0.2) is 0 Å². The lowest BCUT2D eigenvalue weighted by Crippen LogP contribution is -2.64. The van der Waals surface area contributed by atoms with Crippen molar-refractivity contribution < 1.29 is 2.74 Å². The fourth-order valence-electron chi connectivity index (χ4n) is 13.1. The minimum atomic E-state index is -0.328. The molecule has 0 spiro atoms. The highest BCUT2D eigenvalue weighted by atomic mass is 15.3. The molecule has 9 aromatic rings. The van der Waals surface area contributed by atoms with Gasteiger partial charge in [-0.15, -0.1) is 0 Å². The number of benzene rings is 8. The molecule has 1 saturated carbocycles. The molecule has 2 atom stereocenters. The molecule has 8 aromatic carbocycles. The van der Waals surface area contributed by atoms with Gasteiger partial charge in [0.1, 0.15) is 0 Å². The summed E-state index contributed by atoms with van der Waals surface area (Å²) in [5.74, 6) is 0. The van der Waals surface area contributed by atoms with Crippen LogP contribution in [0.25, 0.3) is 38.6 Å². The molecule has 0 saturated heterocycles. The Bertz CT molecular complexity index is 3550. The minimum absolute atomic E-state index is 0.102. The summed E-state index contributed by atoms with van der Waals surface area (Å²) in [6.07, 6.45) is 4.43. The summed E-state index contributed by atoms with van der Waals surface area (Å²) in [6.45, 7) is 16.3. The molecule has 1 aromatic heterocycles. The van der Waals surface area contributed by atoms with E-state index in [-0.39, 0.29) is 28.5 Å². The summed E-state index contributed by atoms with van der Waals surface area (Å²) < 4.78 is 24.3. The summed E-state index contributed by atoms with van der Waals surface area (Å²) in [6, 6.07) is 61.0. The molecular weight excluding hydrogens is 810 g/mol. The van der Waals surface area contributed by atoms with Crippen molar-refractivity contribution in [3.8, 4) is 16.8 Å². The van der Waals surface area contributed by atoms with Gasteiger partial charge in [-0.25, -0.2) is 0 Å². The summed E-state index contributed by atoms with van der Waals surface area (Å²) in [4.78, 5) is 5.12. The molecular formula is C63H58BN3. The Morgan fingerprint density at radius 2 is 1.19 bits per heavy atom. The average molecular weight is 870 g/mol. The van der Waals surface area contributed by atoms with Crippen molar-refractivity contribution in [2.24, 2.45) is 0 Å². The van der Waals surface area contributed by atoms with Gasteiger partial charge in [-0.1, -0.05) is 188 Å². The quantitative estimate of drug-likeness (QED) is 0.160. The van der Waals surface area contributed by atoms with E-state index < -0.39 is 0 Å². The van der Waals surface area contributed by atoms with Crippen LogP contribution in [0, 0.1) is 0 Å². The van der Waals surface area contributed by atoms with E-state index in [1.807, 2.05) is 0 Å². The molecule has 67 heavy (non-hydrogen) atoms. The number of fused-ring (bicyclic) bond motifs is 10.